The molecule has 0 aliphatic heterocycles. The number of benzene rings is 1. The van der Waals surface area contributed by atoms with Gasteiger partial charge in [0, 0.05) is 17.7 Å². The van der Waals surface area contributed by atoms with Crippen LogP contribution in [0.5, 0.6) is 0 Å². The van der Waals surface area contributed by atoms with Crippen molar-refractivity contribution in [3.63, 3.8) is 0 Å². The highest BCUT2D eigenvalue weighted by atomic mass is 16.1. The SMILES string of the molecule is CCC(=O)Nc1ccc(C(=O)C(C)N)cc1. The third kappa shape index (κ3) is 3.17. The van der Waals surface area contributed by atoms with Crippen LogP contribution >= 0.6 is 0 Å². The molecule has 4 heteroatoms. The lowest BCUT2D eigenvalue weighted by atomic mass is 10.1. The Labute approximate surface area is 94.8 Å². The van der Waals surface area contributed by atoms with Gasteiger partial charge < -0.3 is 11.1 Å². The van der Waals surface area contributed by atoms with Gasteiger partial charge in [-0.25, -0.2) is 0 Å². The van der Waals surface area contributed by atoms with Crippen LogP contribution in [-0.4, -0.2) is 17.7 Å². The Balaban J connectivity index is 2.75. The van der Waals surface area contributed by atoms with Gasteiger partial charge in [0.05, 0.1) is 6.04 Å². The Hall–Kier alpha value is -1.68. The van der Waals surface area contributed by atoms with Crippen LogP contribution in [0, 0.1) is 0 Å². The van der Waals surface area contributed by atoms with E-state index < -0.39 is 6.04 Å². The average Bonchev–Trinajstić information content (AvgIpc) is 2.28. The van der Waals surface area contributed by atoms with Crippen molar-refractivity contribution in [3.8, 4) is 0 Å². The van der Waals surface area contributed by atoms with E-state index in [1.165, 1.54) is 0 Å². The summed E-state index contributed by atoms with van der Waals surface area (Å²) >= 11 is 0. The molecule has 0 saturated carbocycles. The van der Waals surface area contributed by atoms with E-state index in [0.717, 1.165) is 0 Å². The number of Topliss-reactive ketones (excluding diaryl/α,β-unsaturated/α-hetero) is 1. The first-order valence-corrected chi connectivity index (χ1v) is 5.24. The maximum Gasteiger partial charge on any atom is 0.224 e. The number of nitrogens with two attached hydrogens (primary N) is 1. The summed E-state index contributed by atoms with van der Waals surface area (Å²) in [7, 11) is 0. The topological polar surface area (TPSA) is 72.2 Å². The highest BCUT2D eigenvalue weighted by Gasteiger charge is 2.10. The molecule has 0 aliphatic carbocycles. The van der Waals surface area contributed by atoms with Crippen LogP contribution in [0.1, 0.15) is 30.6 Å². The number of rotatable bonds is 4. The summed E-state index contributed by atoms with van der Waals surface area (Å²) in [6.07, 6.45) is 0.431. The van der Waals surface area contributed by atoms with Gasteiger partial charge in [-0.3, -0.25) is 9.59 Å². The van der Waals surface area contributed by atoms with E-state index in [0.29, 0.717) is 17.7 Å². The van der Waals surface area contributed by atoms with Crippen molar-refractivity contribution in [3.05, 3.63) is 29.8 Å². The van der Waals surface area contributed by atoms with E-state index in [9.17, 15) is 9.59 Å². The second kappa shape index (κ2) is 5.42. The summed E-state index contributed by atoms with van der Waals surface area (Å²) < 4.78 is 0. The first-order chi connectivity index (χ1) is 7.54. The molecule has 0 aliphatic rings. The van der Waals surface area contributed by atoms with Gasteiger partial charge in [0.25, 0.3) is 0 Å². The normalized spacial score (nSPS) is 11.9. The Morgan fingerprint density at radius 3 is 2.31 bits per heavy atom. The number of hydrogen-bond donors (Lipinski definition) is 2. The van der Waals surface area contributed by atoms with Crippen LogP contribution in [0.2, 0.25) is 0 Å². The molecule has 16 heavy (non-hydrogen) atoms. The molecule has 1 aromatic carbocycles. The highest BCUT2D eigenvalue weighted by molar-refractivity contribution is 6.00. The molecular weight excluding hydrogens is 204 g/mol. The summed E-state index contributed by atoms with van der Waals surface area (Å²) in [5.74, 6) is -0.153. The van der Waals surface area contributed by atoms with Crippen LogP contribution in [0.3, 0.4) is 0 Å². The maximum atomic E-state index is 11.5. The number of anilines is 1. The van der Waals surface area contributed by atoms with Gasteiger partial charge in [-0.15, -0.1) is 0 Å². The van der Waals surface area contributed by atoms with E-state index in [1.807, 2.05) is 0 Å². The zero-order valence-corrected chi connectivity index (χ0v) is 9.49. The first kappa shape index (κ1) is 12.4. The number of carbonyl (C=O) groups is 2. The van der Waals surface area contributed by atoms with Crippen molar-refractivity contribution in [1.82, 2.24) is 0 Å². The van der Waals surface area contributed by atoms with E-state index in [-0.39, 0.29) is 11.7 Å². The largest absolute Gasteiger partial charge is 0.326 e. The highest BCUT2D eigenvalue weighted by Crippen LogP contribution is 2.11. The lowest BCUT2D eigenvalue weighted by molar-refractivity contribution is -0.115. The van der Waals surface area contributed by atoms with Crippen molar-refractivity contribution in [1.29, 1.82) is 0 Å². The van der Waals surface area contributed by atoms with Crippen LogP contribution < -0.4 is 11.1 Å². The third-order valence-corrected chi connectivity index (χ3v) is 2.19. The lowest BCUT2D eigenvalue weighted by Crippen LogP contribution is -2.26. The minimum atomic E-state index is -0.504. The number of ketones is 1. The Morgan fingerprint density at radius 1 is 1.31 bits per heavy atom. The van der Waals surface area contributed by atoms with Crippen molar-refractivity contribution in [2.45, 2.75) is 26.3 Å². The molecule has 1 aromatic rings. The predicted octanol–water partition coefficient (Wildman–Crippen LogP) is 1.56. The quantitative estimate of drug-likeness (QED) is 0.756. The fourth-order valence-corrected chi connectivity index (χ4v) is 1.23. The third-order valence-electron chi connectivity index (χ3n) is 2.19. The molecule has 1 unspecified atom stereocenters. The molecule has 1 rings (SSSR count). The van der Waals surface area contributed by atoms with Gasteiger partial charge in [0.2, 0.25) is 5.91 Å². The minimum absolute atomic E-state index is 0.0498. The van der Waals surface area contributed by atoms with Gasteiger partial charge in [-0.1, -0.05) is 6.92 Å². The predicted molar refractivity (Wildman–Crippen MR) is 63.3 cm³/mol. The molecule has 1 amide bonds. The van der Waals surface area contributed by atoms with Gasteiger partial charge >= 0.3 is 0 Å². The molecule has 0 bridgehead atoms. The molecule has 3 N–H and O–H groups in total. The summed E-state index contributed by atoms with van der Waals surface area (Å²) in [4.78, 5) is 22.6. The van der Waals surface area contributed by atoms with E-state index >= 15 is 0 Å². The molecule has 0 heterocycles. The van der Waals surface area contributed by atoms with Gasteiger partial charge in [0.1, 0.15) is 0 Å². The molecule has 0 radical (unpaired) electrons. The number of carbonyl (C=O) groups excluding carboxylic acids is 2. The van der Waals surface area contributed by atoms with Crippen LogP contribution in [0.15, 0.2) is 24.3 Å². The van der Waals surface area contributed by atoms with E-state index in [2.05, 4.69) is 5.32 Å². The molecule has 0 aromatic heterocycles. The van der Waals surface area contributed by atoms with Crippen LogP contribution in [0.25, 0.3) is 0 Å². The fraction of sp³-hybridized carbons (Fsp3) is 0.333. The zero-order valence-electron chi connectivity index (χ0n) is 9.49. The first-order valence-electron chi connectivity index (χ1n) is 5.24. The second-order valence-electron chi connectivity index (χ2n) is 3.63. The molecule has 0 saturated heterocycles. The molecule has 86 valence electrons. The Kier molecular flexibility index (Phi) is 4.19. The minimum Gasteiger partial charge on any atom is -0.326 e. The molecule has 4 nitrogen and oxygen atoms in total. The second-order valence-corrected chi connectivity index (χ2v) is 3.63. The van der Waals surface area contributed by atoms with Gasteiger partial charge in [-0.05, 0) is 31.2 Å². The van der Waals surface area contributed by atoms with E-state index in [4.69, 9.17) is 5.73 Å². The number of nitrogens with one attached hydrogen (secondary N) is 1. The standard InChI is InChI=1S/C12H16N2O2/c1-3-11(15)14-10-6-4-9(5-7-10)12(16)8(2)13/h4-8H,3,13H2,1-2H3,(H,14,15). The van der Waals surface area contributed by atoms with Crippen molar-refractivity contribution in [2.24, 2.45) is 5.73 Å². The molecular formula is C12H16N2O2. The van der Waals surface area contributed by atoms with Gasteiger partial charge in [0.15, 0.2) is 5.78 Å². The Morgan fingerprint density at radius 2 is 1.88 bits per heavy atom. The molecule has 0 spiro atoms. The summed E-state index contributed by atoms with van der Waals surface area (Å²) in [6.45, 7) is 3.43. The smallest absolute Gasteiger partial charge is 0.224 e. The molecule has 1 atom stereocenters. The fourth-order valence-electron chi connectivity index (χ4n) is 1.23. The number of hydrogen-bond acceptors (Lipinski definition) is 3. The zero-order chi connectivity index (χ0) is 12.1. The maximum absolute atomic E-state index is 11.5. The Bertz CT molecular complexity index is 383. The molecule has 0 fully saturated rings. The number of amides is 1. The van der Waals surface area contributed by atoms with Crippen molar-refractivity contribution < 1.29 is 9.59 Å². The summed E-state index contributed by atoms with van der Waals surface area (Å²) in [5, 5.41) is 2.71. The van der Waals surface area contributed by atoms with E-state index in [1.54, 1.807) is 38.1 Å². The van der Waals surface area contributed by atoms with Crippen LogP contribution in [-0.2, 0) is 4.79 Å². The van der Waals surface area contributed by atoms with Gasteiger partial charge in [-0.2, -0.15) is 0 Å². The summed E-state index contributed by atoms with van der Waals surface area (Å²) in [5.41, 5.74) is 6.74. The lowest BCUT2D eigenvalue weighted by Gasteiger charge is -2.06. The summed E-state index contributed by atoms with van der Waals surface area (Å²) in [6, 6.07) is 6.22. The van der Waals surface area contributed by atoms with Crippen LogP contribution in [0.4, 0.5) is 5.69 Å². The van der Waals surface area contributed by atoms with Crippen molar-refractivity contribution >= 4 is 17.4 Å². The van der Waals surface area contributed by atoms with Crippen molar-refractivity contribution in [2.75, 3.05) is 5.32 Å². The average molecular weight is 220 g/mol. The monoisotopic (exact) mass is 220 g/mol.